The van der Waals surface area contributed by atoms with Gasteiger partial charge in [0, 0.05) is 6.20 Å². The van der Waals surface area contributed by atoms with Crippen molar-refractivity contribution in [2.24, 2.45) is 0 Å². The van der Waals surface area contributed by atoms with E-state index in [1.54, 1.807) is 18.2 Å². The molecular formula is C18H18N4O7S. The third-order valence-corrected chi connectivity index (χ3v) is 6.19. The average molecular weight is 434 g/mol. The van der Waals surface area contributed by atoms with Crippen LogP contribution in [-0.4, -0.2) is 52.6 Å². The van der Waals surface area contributed by atoms with E-state index in [-0.39, 0.29) is 21.6 Å². The molecule has 30 heavy (non-hydrogen) atoms. The molecule has 3 rings (SSSR count). The van der Waals surface area contributed by atoms with Crippen molar-refractivity contribution >= 4 is 38.4 Å². The molecule has 0 amide bonds. The van der Waals surface area contributed by atoms with Crippen LogP contribution in [0.15, 0.2) is 53.7 Å². The molecule has 11 nitrogen and oxygen atoms in total. The van der Waals surface area contributed by atoms with E-state index >= 15 is 0 Å². The van der Waals surface area contributed by atoms with Gasteiger partial charge in [0.05, 0.1) is 28.9 Å². The Morgan fingerprint density at radius 2 is 2.00 bits per heavy atom. The highest BCUT2D eigenvalue weighted by atomic mass is 32.2. The zero-order valence-electron chi connectivity index (χ0n) is 16.0. The maximum absolute atomic E-state index is 13.0. The number of pyridine rings is 1. The number of methoxy groups -OCH3 is 1. The molecule has 1 atom stereocenters. The first-order chi connectivity index (χ1) is 14.2. The van der Waals surface area contributed by atoms with Gasteiger partial charge in [-0.3, -0.25) is 10.1 Å². The van der Waals surface area contributed by atoms with Crippen LogP contribution >= 0.6 is 0 Å². The summed E-state index contributed by atoms with van der Waals surface area (Å²) in [6.07, 6.45) is 2.10. The van der Waals surface area contributed by atoms with Gasteiger partial charge in [-0.05, 0) is 25.1 Å². The minimum Gasteiger partial charge on any atom is -0.467 e. The Balaban J connectivity index is 2.24. The minimum atomic E-state index is -4.03. The minimum absolute atomic E-state index is 0.00641. The zero-order valence-corrected chi connectivity index (χ0v) is 16.8. The van der Waals surface area contributed by atoms with E-state index in [2.05, 4.69) is 15.0 Å². The lowest BCUT2D eigenvalue weighted by atomic mass is 10.0. The van der Waals surface area contributed by atoms with Gasteiger partial charge in [0.2, 0.25) is 0 Å². The van der Waals surface area contributed by atoms with Crippen LogP contribution in [0.3, 0.4) is 0 Å². The Kier molecular flexibility index (Phi) is 5.46. The Hall–Kier alpha value is -3.51. The first kappa shape index (κ1) is 21.2. The summed E-state index contributed by atoms with van der Waals surface area (Å²) in [5.74, 6) is -0.861. The molecule has 0 aliphatic carbocycles. The second-order valence-corrected chi connectivity index (χ2v) is 8.36. The second kappa shape index (κ2) is 7.72. The van der Waals surface area contributed by atoms with Crippen molar-refractivity contribution in [2.45, 2.75) is 17.4 Å². The highest BCUT2D eigenvalue weighted by Gasteiger charge is 2.37. The monoisotopic (exact) mass is 434 g/mol. The fourth-order valence-electron chi connectivity index (χ4n) is 2.88. The molecule has 1 aromatic carbocycles. The molecule has 0 spiro atoms. The van der Waals surface area contributed by atoms with Gasteiger partial charge < -0.3 is 15.2 Å². The van der Waals surface area contributed by atoms with Crippen molar-refractivity contribution in [2.75, 3.05) is 19.0 Å². The number of aliphatic hydroxyl groups is 1. The lowest BCUT2D eigenvalue weighted by Crippen LogP contribution is -2.47. The number of aliphatic hydroxyl groups excluding tert-OH is 1. The second-order valence-electron chi connectivity index (χ2n) is 6.55. The summed E-state index contributed by atoms with van der Waals surface area (Å²) in [6, 6.07) is 8.93. The van der Waals surface area contributed by atoms with Crippen molar-refractivity contribution in [3.63, 3.8) is 0 Å². The number of carbonyl (C=O) groups excluding carboxylic acids is 1. The maximum Gasteiger partial charge on any atom is 0.333 e. The fraction of sp³-hybridized carbons (Fsp3) is 0.222. The number of hydrogen-bond acceptors (Lipinski definition) is 9. The van der Waals surface area contributed by atoms with E-state index in [4.69, 9.17) is 0 Å². The van der Waals surface area contributed by atoms with Crippen LogP contribution < -0.4 is 5.32 Å². The number of carbonyl (C=O) groups is 1. The van der Waals surface area contributed by atoms with Crippen LogP contribution in [0.5, 0.6) is 0 Å². The Labute approximate surface area is 171 Å². The van der Waals surface area contributed by atoms with E-state index in [9.17, 15) is 28.4 Å². The number of anilines is 1. The number of nitrogens with zero attached hydrogens (tertiary/aromatic N) is 3. The normalized spacial score (nSPS) is 13.6. The Morgan fingerprint density at radius 3 is 2.57 bits per heavy atom. The van der Waals surface area contributed by atoms with E-state index in [0.29, 0.717) is 0 Å². The summed E-state index contributed by atoms with van der Waals surface area (Å²) in [5, 5.41) is 23.9. The predicted molar refractivity (Wildman–Crippen MR) is 107 cm³/mol. The molecule has 0 unspecified atom stereocenters. The molecule has 0 saturated heterocycles. The third-order valence-electron chi connectivity index (χ3n) is 4.51. The first-order valence-electron chi connectivity index (χ1n) is 8.58. The summed E-state index contributed by atoms with van der Waals surface area (Å²) in [7, 11) is -2.92. The molecule has 0 radical (unpaired) electrons. The van der Waals surface area contributed by atoms with Crippen LogP contribution in [-0.2, 0) is 19.6 Å². The van der Waals surface area contributed by atoms with Gasteiger partial charge in [0.1, 0.15) is 11.9 Å². The highest BCUT2D eigenvalue weighted by molar-refractivity contribution is 7.90. The molecule has 0 aliphatic heterocycles. The lowest BCUT2D eigenvalue weighted by Gasteiger charge is -2.26. The zero-order chi connectivity index (χ0) is 22.1. The third kappa shape index (κ3) is 3.46. The van der Waals surface area contributed by atoms with Crippen LogP contribution in [0.2, 0.25) is 0 Å². The topological polar surface area (TPSA) is 154 Å². The van der Waals surface area contributed by atoms with Gasteiger partial charge in [-0.25, -0.2) is 22.2 Å². The molecular weight excluding hydrogens is 416 g/mol. The summed E-state index contributed by atoms with van der Waals surface area (Å²) >= 11 is 0. The molecule has 0 saturated carbocycles. The number of rotatable bonds is 7. The van der Waals surface area contributed by atoms with Crippen molar-refractivity contribution in [3.05, 3.63) is 58.9 Å². The molecule has 3 aromatic rings. The molecule has 12 heteroatoms. The number of aromatic nitrogens is 2. The summed E-state index contributed by atoms with van der Waals surface area (Å²) in [4.78, 5) is 26.9. The van der Waals surface area contributed by atoms with E-state index in [0.717, 1.165) is 17.3 Å². The number of ether oxygens (including phenoxy) is 1. The van der Waals surface area contributed by atoms with Gasteiger partial charge in [0.15, 0.2) is 11.2 Å². The van der Waals surface area contributed by atoms with Crippen molar-refractivity contribution < 1.29 is 28.0 Å². The number of nitro groups is 1. The van der Waals surface area contributed by atoms with E-state index in [1.807, 2.05) is 0 Å². The number of esters is 1. The maximum atomic E-state index is 13.0. The average Bonchev–Trinajstić information content (AvgIpc) is 3.19. The van der Waals surface area contributed by atoms with Crippen molar-refractivity contribution in [1.29, 1.82) is 0 Å². The largest absolute Gasteiger partial charge is 0.467 e. The molecule has 0 aliphatic rings. The quantitative estimate of drug-likeness (QED) is 0.320. The number of benzene rings is 1. The molecule has 158 valence electrons. The Bertz CT molecular complexity index is 1220. The molecule has 0 fully saturated rings. The van der Waals surface area contributed by atoms with Gasteiger partial charge in [-0.2, -0.15) is 0 Å². The van der Waals surface area contributed by atoms with Gasteiger partial charge in [-0.15, -0.1) is 0 Å². The SMILES string of the molecule is COC(=O)[C@@](C)(CO)Nc1c([N+](=O)[O-])cnc2c1ccn2S(=O)(=O)c1ccccc1. The van der Waals surface area contributed by atoms with Crippen LogP contribution in [0.4, 0.5) is 11.4 Å². The molecule has 2 heterocycles. The Morgan fingerprint density at radius 1 is 1.33 bits per heavy atom. The smallest absolute Gasteiger partial charge is 0.333 e. The summed E-state index contributed by atoms with van der Waals surface area (Å²) in [5.41, 5.74) is -2.47. The van der Waals surface area contributed by atoms with Gasteiger partial charge in [-0.1, -0.05) is 18.2 Å². The number of hydrogen-bond donors (Lipinski definition) is 2. The van der Waals surface area contributed by atoms with E-state index in [1.165, 1.54) is 31.3 Å². The van der Waals surface area contributed by atoms with Crippen molar-refractivity contribution in [3.8, 4) is 0 Å². The van der Waals surface area contributed by atoms with Crippen LogP contribution in [0.1, 0.15) is 6.92 Å². The lowest BCUT2D eigenvalue weighted by molar-refractivity contribution is -0.384. The first-order valence-corrected chi connectivity index (χ1v) is 10.0. The number of fused-ring (bicyclic) bond motifs is 1. The molecule has 0 bridgehead atoms. The fourth-order valence-corrected chi connectivity index (χ4v) is 4.20. The summed E-state index contributed by atoms with van der Waals surface area (Å²) in [6.45, 7) is 0.566. The predicted octanol–water partition coefficient (Wildman–Crippen LogP) is 1.52. The van der Waals surface area contributed by atoms with Crippen LogP contribution in [0.25, 0.3) is 11.0 Å². The van der Waals surface area contributed by atoms with Crippen LogP contribution in [0, 0.1) is 10.1 Å². The van der Waals surface area contributed by atoms with E-state index < -0.39 is 38.7 Å². The molecule has 2 N–H and O–H groups in total. The number of nitrogens with one attached hydrogen (secondary N) is 1. The standard InChI is InChI=1S/C18H18N4O7S/c1-18(11-23,17(24)29-2)20-15-13-8-9-21(16(13)19-10-14(15)22(25)26)30(27,28)12-6-4-3-5-7-12/h3-10,23H,11H2,1-2H3,(H,19,20)/t18-/m1/s1. The summed E-state index contributed by atoms with van der Waals surface area (Å²) < 4.78 is 31.5. The molecule has 2 aromatic heterocycles. The highest BCUT2D eigenvalue weighted by Crippen LogP contribution is 2.35. The van der Waals surface area contributed by atoms with Gasteiger partial charge >= 0.3 is 11.7 Å². The van der Waals surface area contributed by atoms with Gasteiger partial charge in [0.25, 0.3) is 10.0 Å². The van der Waals surface area contributed by atoms with Crippen molar-refractivity contribution in [1.82, 2.24) is 8.96 Å².